The van der Waals surface area contributed by atoms with Gasteiger partial charge in [-0.05, 0) is 25.7 Å². The fraction of sp³-hybridized carbons (Fsp3) is 1.00. The second kappa shape index (κ2) is 25.9. The highest BCUT2D eigenvalue weighted by Crippen LogP contribution is 2.11. The molecule has 2 N–H and O–H groups in total. The molecule has 4 heteroatoms. The molecule has 2 unspecified atom stereocenters. The zero-order valence-electron chi connectivity index (χ0n) is 23.9. The van der Waals surface area contributed by atoms with Crippen molar-refractivity contribution in [1.82, 2.24) is 9.80 Å². The van der Waals surface area contributed by atoms with E-state index in [2.05, 4.69) is 37.7 Å². The second-order valence-corrected chi connectivity index (χ2v) is 11.1. The molecule has 0 saturated heterocycles. The fourth-order valence-corrected chi connectivity index (χ4v) is 4.88. The zero-order chi connectivity index (χ0) is 25.3. The molecular weight excluding hydrogens is 420 g/mol. The maximum atomic E-state index is 10.3. The van der Waals surface area contributed by atoms with Gasteiger partial charge in [0.25, 0.3) is 0 Å². The first-order valence-electron chi connectivity index (χ1n) is 15.2. The van der Waals surface area contributed by atoms with Gasteiger partial charge in [0.05, 0.1) is 0 Å². The molecule has 0 fully saturated rings. The Bertz CT molecular complexity index is 358. The average Bonchev–Trinajstić information content (AvgIpc) is 2.80. The summed E-state index contributed by atoms with van der Waals surface area (Å²) in [6.45, 7) is 8.32. The van der Waals surface area contributed by atoms with E-state index in [1.54, 1.807) is 0 Å². The van der Waals surface area contributed by atoms with E-state index < -0.39 is 0 Å². The molecule has 0 rings (SSSR count). The molecule has 0 aliphatic rings. The number of unbranched alkanes of at least 4 members (excludes halogenated alkanes) is 15. The van der Waals surface area contributed by atoms with Crippen molar-refractivity contribution in [3.63, 3.8) is 0 Å². The Morgan fingerprint density at radius 2 is 0.735 bits per heavy atom. The number of nitrogens with zero attached hydrogens (tertiary/aromatic N) is 2. The number of aliphatic hydroxyl groups excluding tert-OH is 2. The molecule has 34 heavy (non-hydrogen) atoms. The van der Waals surface area contributed by atoms with Crippen molar-refractivity contribution in [3.05, 3.63) is 0 Å². The standard InChI is InChI=1S/C30H64N2O2/c1-5-7-9-11-13-15-19-23-29(33)27-31(3)25-21-17-18-22-26-32(4)28-30(34)24-20-16-14-12-10-8-6-2/h29-30,33-34H,5-28H2,1-4H3/q+2. The second-order valence-electron chi connectivity index (χ2n) is 11.1. The highest BCUT2D eigenvalue weighted by atomic mass is 16.3. The lowest BCUT2D eigenvalue weighted by Crippen LogP contribution is -2.35. The van der Waals surface area contributed by atoms with Gasteiger partial charge in [0.1, 0.15) is 52.5 Å². The van der Waals surface area contributed by atoms with Crippen molar-refractivity contribution in [2.45, 2.75) is 154 Å². The van der Waals surface area contributed by atoms with E-state index in [1.165, 1.54) is 116 Å². The third-order valence-electron chi connectivity index (χ3n) is 7.16. The van der Waals surface area contributed by atoms with Crippen LogP contribution in [0.25, 0.3) is 0 Å². The van der Waals surface area contributed by atoms with E-state index in [0.29, 0.717) is 0 Å². The van der Waals surface area contributed by atoms with Crippen molar-refractivity contribution in [2.24, 2.45) is 0 Å². The maximum Gasteiger partial charge on any atom is 0.148 e. The van der Waals surface area contributed by atoms with E-state index in [0.717, 1.165) is 39.0 Å². The van der Waals surface area contributed by atoms with Crippen LogP contribution in [0.15, 0.2) is 0 Å². The molecule has 2 radical (unpaired) electrons. The molecule has 0 aromatic heterocycles. The Balaban J connectivity index is 3.50. The monoisotopic (exact) mass is 484 g/mol. The van der Waals surface area contributed by atoms with Crippen molar-refractivity contribution in [2.75, 3.05) is 40.3 Å². The SMILES string of the molecule is CCCCCCCCCC(O)C[N+](C)CCCCCC[N+](C)CC(O)CCCCCCCCC. The van der Waals surface area contributed by atoms with Crippen LogP contribution in [0.1, 0.15) is 142 Å². The predicted octanol–water partition coefficient (Wildman–Crippen LogP) is 7.09. The van der Waals surface area contributed by atoms with Crippen LogP contribution >= 0.6 is 0 Å². The first-order valence-corrected chi connectivity index (χ1v) is 15.2. The van der Waals surface area contributed by atoms with Gasteiger partial charge < -0.3 is 10.2 Å². The summed E-state index contributed by atoms with van der Waals surface area (Å²) in [6, 6.07) is 0. The lowest BCUT2D eigenvalue weighted by molar-refractivity contribution is 0.139. The van der Waals surface area contributed by atoms with Crippen molar-refractivity contribution < 1.29 is 10.2 Å². The number of aliphatic hydroxyl groups is 2. The van der Waals surface area contributed by atoms with Crippen molar-refractivity contribution in [1.29, 1.82) is 0 Å². The number of hydrogen-bond donors (Lipinski definition) is 2. The summed E-state index contributed by atoms with van der Waals surface area (Å²) >= 11 is 0. The first-order chi connectivity index (χ1) is 16.5. The minimum Gasteiger partial charge on any atom is -0.387 e. The summed E-state index contributed by atoms with van der Waals surface area (Å²) in [5, 5.41) is 20.6. The molecule has 0 aliphatic carbocycles. The molecule has 0 heterocycles. The quantitative estimate of drug-likeness (QED) is 0.0965. The predicted molar refractivity (Wildman–Crippen MR) is 151 cm³/mol. The summed E-state index contributed by atoms with van der Waals surface area (Å²) in [5.74, 6) is 0. The van der Waals surface area contributed by atoms with Crippen molar-refractivity contribution >= 4 is 0 Å². The van der Waals surface area contributed by atoms with E-state index in [1.807, 2.05) is 0 Å². The highest BCUT2D eigenvalue weighted by Gasteiger charge is 2.16. The zero-order valence-corrected chi connectivity index (χ0v) is 23.9. The smallest absolute Gasteiger partial charge is 0.148 e. The fourth-order valence-electron chi connectivity index (χ4n) is 4.88. The van der Waals surface area contributed by atoms with Gasteiger partial charge in [-0.3, -0.25) is 0 Å². The topological polar surface area (TPSA) is 52.3 Å². The first kappa shape index (κ1) is 33.8. The van der Waals surface area contributed by atoms with Crippen LogP contribution < -0.4 is 9.80 Å². The molecule has 0 bridgehead atoms. The van der Waals surface area contributed by atoms with Crippen LogP contribution in [0.5, 0.6) is 0 Å². The van der Waals surface area contributed by atoms with E-state index in [9.17, 15) is 10.2 Å². The van der Waals surface area contributed by atoms with E-state index in [-0.39, 0.29) is 12.2 Å². The van der Waals surface area contributed by atoms with E-state index >= 15 is 0 Å². The van der Waals surface area contributed by atoms with Gasteiger partial charge in [-0.1, -0.05) is 104 Å². The van der Waals surface area contributed by atoms with Crippen LogP contribution in [0, 0.1) is 0 Å². The number of rotatable bonds is 27. The Hall–Kier alpha value is -0.160. The van der Waals surface area contributed by atoms with Gasteiger partial charge in [-0.2, -0.15) is 9.80 Å². The van der Waals surface area contributed by atoms with Crippen LogP contribution in [-0.2, 0) is 0 Å². The molecule has 0 aromatic carbocycles. The minimum absolute atomic E-state index is 0.165. The maximum absolute atomic E-state index is 10.3. The molecule has 0 aliphatic heterocycles. The van der Waals surface area contributed by atoms with Crippen molar-refractivity contribution in [3.8, 4) is 0 Å². The highest BCUT2D eigenvalue weighted by molar-refractivity contribution is 4.68. The van der Waals surface area contributed by atoms with Gasteiger partial charge in [0.15, 0.2) is 0 Å². The molecule has 2 atom stereocenters. The minimum atomic E-state index is -0.165. The Morgan fingerprint density at radius 3 is 1.09 bits per heavy atom. The summed E-state index contributed by atoms with van der Waals surface area (Å²) in [7, 11) is 4.29. The molecule has 0 aromatic rings. The largest absolute Gasteiger partial charge is 0.387 e. The van der Waals surface area contributed by atoms with Crippen LogP contribution in [0.4, 0.5) is 0 Å². The molecule has 0 spiro atoms. The van der Waals surface area contributed by atoms with Gasteiger partial charge >= 0.3 is 0 Å². The summed E-state index contributed by atoms with van der Waals surface area (Å²) in [5.41, 5.74) is 0. The molecule has 0 saturated carbocycles. The average molecular weight is 485 g/mol. The lowest BCUT2D eigenvalue weighted by atomic mass is 10.1. The van der Waals surface area contributed by atoms with Crippen LogP contribution in [0.3, 0.4) is 0 Å². The van der Waals surface area contributed by atoms with Crippen LogP contribution in [0.2, 0.25) is 0 Å². The molecular formula is C30H64N2O2+2. The summed E-state index contributed by atoms with van der Waals surface area (Å²) in [4.78, 5) is 4.61. The Morgan fingerprint density at radius 1 is 0.441 bits per heavy atom. The van der Waals surface area contributed by atoms with E-state index in [4.69, 9.17) is 0 Å². The molecule has 0 amide bonds. The molecule has 4 nitrogen and oxygen atoms in total. The Labute approximate surface area is 214 Å². The van der Waals surface area contributed by atoms with Crippen LogP contribution in [-0.4, -0.2) is 62.7 Å². The number of likely N-dealkylation sites (N-methyl/N-ethyl adjacent to an activating group) is 2. The molecule has 204 valence electrons. The van der Waals surface area contributed by atoms with Gasteiger partial charge in [0, 0.05) is 12.8 Å². The summed E-state index contributed by atoms with van der Waals surface area (Å²) in [6.07, 6.45) is 24.9. The third kappa shape index (κ3) is 24.9. The van der Waals surface area contributed by atoms with Gasteiger partial charge in [0.2, 0.25) is 0 Å². The van der Waals surface area contributed by atoms with Gasteiger partial charge in [-0.15, -0.1) is 0 Å². The number of hydrogen-bond acceptors (Lipinski definition) is 4. The third-order valence-corrected chi connectivity index (χ3v) is 7.16. The summed E-state index contributed by atoms with van der Waals surface area (Å²) < 4.78 is 0. The Kier molecular flexibility index (Phi) is 25.8. The lowest BCUT2D eigenvalue weighted by Gasteiger charge is -2.13. The normalized spacial score (nSPS) is 13.8. The van der Waals surface area contributed by atoms with Gasteiger partial charge in [-0.25, -0.2) is 0 Å².